The number of ether oxygens (including phenoxy) is 1. The van der Waals surface area contributed by atoms with Crippen molar-refractivity contribution < 1.29 is 18.3 Å². The van der Waals surface area contributed by atoms with Gasteiger partial charge in [-0.25, -0.2) is 8.42 Å². The van der Waals surface area contributed by atoms with E-state index in [2.05, 4.69) is 0 Å². The minimum atomic E-state index is -3.69. The average Bonchev–Trinajstić information content (AvgIpc) is 2.47. The van der Waals surface area contributed by atoms with Gasteiger partial charge >= 0.3 is 0 Å². The highest BCUT2D eigenvalue weighted by molar-refractivity contribution is 7.89. The van der Waals surface area contributed by atoms with E-state index in [4.69, 9.17) is 10.00 Å². The number of hydrogen-bond acceptors (Lipinski definition) is 5. The molecule has 1 aromatic carbocycles. The Morgan fingerprint density at radius 2 is 2.30 bits per heavy atom. The Morgan fingerprint density at radius 3 is 2.90 bits per heavy atom. The standard InChI is InChI=1S/C13H16N2O4S/c1-10-6-13(3-2-11(10)7-14)20(17,18)15-4-5-19-9-12(15)8-16/h2-3,6,12,16H,4-5,8-9H2,1H3. The molecule has 0 saturated carbocycles. The zero-order valence-electron chi connectivity index (χ0n) is 11.1. The first-order valence-electron chi connectivity index (χ1n) is 6.22. The van der Waals surface area contributed by atoms with E-state index in [0.29, 0.717) is 17.7 Å². The average molecular weight is 296 g/mol. The molecule has 7 heteroatoms. The Labute approximate surface area is 118 Å². The van der Waals surface area contributed by atoms with Gasteiger partial charge in [0.15, 0.2) is 0 Å². The van der Waals surface area contributed by atoms with Crippen LogP contribution < -0.4 is 0 Å². The van der Waals surface area contributed by atoms with Crippen molar-refractivity contribution in [1.29, 1.82) is 5.26 Å². The van der Waals surface area contributed by atoms with Crippen molar-refractivity contribution in [2.45, 2.75) is 17.9 Å². The lowest BCUT2D eigenvalue weighted by atomic mass is 10.1. The van der Waals surface area contributed by atoms with Gasteiger partial charge in [0.1, 0.15) is 0 Å². The molecule has 0 amide bonds. The maximum atomic E-state index is 12.6. The third-order valence-electron chi connectivity index (χ3n) is 3.31. The van der Waals surface area contributed by atoms with Crippen LogP contribution in [0, 0.1) is 18.3 Å². The maximum absolute atomic E-state index is 12.6. The molecule has 0 bridgehead atoms. The highest BCUT2D eigenvalue weighted by Gasteiger charge is 2.33. The highest BCUT2D eigenvalue weighted by atomic mass is 32.2. The van der Waals surface area contributed by atoms with Gasteiger partial charge in [0.2, 0.25) is 10.0 Å². The number of benzene rings is 1. The van der Waals surface area contributed by atoms with Crippen LogP contribution in [0.15, 0.2) is 23.1 Å². The van der Waals surface area contributed by atoms with Crippen LogP contribution in [-0.4, -0.2) is 50.2 Å². The first kappa shape index (κ1) is 14.9. The molecule has 20 heavy (non-hydrogen) atoms. The molecular formula is C13H16N2O4S. The Hall–Kier alpha value is -1.46. The normalized spacial score (nSPS) is 20.6. The summed E-state index contributed by atoms with van der Waals surface area (Å²) < 4.78 is 31.6. The fourth-order valence-electron chi connectivity index (χ4n) is 2.16. The second-order valence-corrected chi connectivity index (χ2v) is 6.51. The van der Waals surface area contributed by atoms with Crippen molar-refractivity contribution in [3.05, 3.63) is 29.3 Å². The zero-order chi connectivity index (χ0) is 14.8. The van der Waals surface area contributed by atoms with E-state index < -0.39 is 16.1 Å². The van der Waals surface area contributed by atoms with Crippen molar-refractivity contribution in [3.8, 4) is 6.07 Å². The van der Waals surface area contributed by atoms with Gasteiger partial charge in [-0.3, -0.25) is 0 Å². The first-order chi connectivity index (χ1) is 9.50. The molecule has 1 saturated heterocycles. The Kier molecular flexibility index (Phi) is 4.40. The SMILES string of the molecule is Cc1cc(S(=O)(=O)N2CCOCC2CO)ccc1C#N. The van der Waals surface area contributed by atoms with E-state index in [1.165, 1.54) is 22.5 Å². The summed E-state index contributed by atoms with van der Waals surface area (Å²) in [4.78, 5) is 0.134. The molecule has 1 fully saturated rings. The summed E-state index contributed by atoms with van der Waals surface area (Å²) in [6, 6.07) is 5.84. The molecule has 108 valence electrons. The molecule has 0 spiro atoms. The number of aliphatic hydroxyl groups is 1. The van der Waals surface area contributed by atoms with Crippen LogP contribution in [0.25, 0.3) is 0 Å². The molecular weight excluding hydrogens is 280 g/mol. The number of sulfonamides is 1. The smallest absolute Gasteiger partial charge is 0.243 e. The number of aliphatic hydroxyl groups excluding tert-OH is 1. The topological polar surface area (TPSA) is 90.6 Å². The molecule has 1 aliphatic rings. The van der Waals surface area contributed by atoms with Crippen LogP contribution >= 0.6 is 0 Å². The lowest BCUT2D eigenvalue weighted by Crippen LogP contribution is -2.50. The minimum absolute atomic E-state index is 0.134. The van der Waals surface area contributed by atoms with Gasteiger partial charge in [0.25, 0.3) is 0 Å². The quantitative estimate of drug-likeness (QED) is 0.863. The van der Waals surface area contributed by atoms with Crippen molar-refractivity contribution in [2.75, 3.05) is 26.4 Å². The highest BCUT2D eigenvalue weighted by Crippen LogP contribution is 2.22. The van der Waals surface area contributed by atoms with E-state index >= 15 is 0 Å². The lowest BCUT2D eigenvalue weighted by molar-refractivity contribution is 0.0109. The van der Waals surface area contributed by atoms with E-state index in [1.54, 1.807) is 6.92 Å². The van der Waals surface area contributed by atoms with Gasteiger partial charge < -0.3 is 9.84 Å². The second kappa shape index (κ2) is 5.89. The molecule has 6 nitrogen and oxygen atoms in total. The van der Waals surface area contributed by atoms with Crippen LogP contribution in [0.5, 0.6) is 0 Å². The Bertz CT molecular complexity index is 636. The third kappa shape index (κ3) is 2.69. The minimum Gasteiger partial charge on any atom is -0.395 e. The van der Waals surface area contributed by atoms with Crippen LogP contribution in [0.2, 0.25) is 0 Å². The molecule has 0 radical (unpaired) electrons. The lowest BCUT2D eigenvalue weighted by Gasteiger charge is -2.33. The molecule has 1 aliphatic heterocycles. The third-order valence-corrected chi connectivity index (χ3v) is 5.26. The summed E-state index contributed by atoms with van der Waals surface area (Å²) >= 11 is 0. The van der Waals surface area contributed by atoms with Crippen molar-refractivity contribution in [2.24, 2.45) is 0 Å². The summed E-state index contributed by atoms with van der Waals surface area (Å²) in [5, 5.41) is 18.2. The summed E-state index contributed by atoms with van der Waals surface area (Å²) in [6.07, 6.45) is 0. The number of nitrogens with zero attached hydrogens (tertiary/aromatic N) is 2. The predicted octanol–water partition coefficient (Wildman–Crippen LogP) is 0.248. The van der Waals surface area contributed by atoms with E-state index in [9.17, 15) is 13.5 Å². The Balaban J connectivity index is 2.39. The molecule has 1 unspecified atom stereocenters. The van der Waals surface area contributed by atoms with E-state index in [-0.39, 0.29) is 24.7 Å². The van der Waals surface area contributed by atoms with Crippen LogP contribution in [0.1, 0.15) is 11.1 Å². The molecule has 0 aromatic heterocycles. The van der Waals surface area contributed by atoms with Crippen LogP contribution in [-0.2, 0) is 14.8 Å². The molecule has 0 aliphatic carbocycles. The van der Waals surface area contributed by atoms with Gasteiger partial charge in [-0.05, 0) is 30.7 Å². The number of morpholine rings is 1. The van der Waals surface area contributed by atoms with E-state index in [0.717, 1.165) is 0 Å². The van der Waals surface area contributed by atoms with Gasteiger partial charge in [0, 0.05) is 6.54 Å². The summed E-state index contributed by atoms with van der Waals surface area (Å²) in [6.45, 7) is 2.12. The molecule has 1 N–H and O–H groups in total. The van der Waals surface area contributed by atoms with E-state index in [1.807, 2.05) is 6.07 Å². The molecule has 2 rings (SSSR count). The monoisotopic (exact) mass is 296 g/mol. The molecule has 1 atom stereocenters. The second-order valence-electron chi connectivity index (χ2n) is 4.62. The van der Waals surface area contributed by atoms with Crippen molar-refractivity contribution in [1.82, 2.24) is 4.31 Å². The van der Waals surface area contributed by atoms with Crippen LogP contribution in [0.4, 0.5) is 0 Å². The maximum Gasteiger partial charge on any atom is 0.243 e. The predicted molar refractivity (Wildman–Crippen MR) is 71.5 cm³/mol. The van der Waals surface area contributed by atoms with Gasteiger partial charge in [-0.2, -0.15) is 9.57 Å². The molecule has 1 heterocycles. The number of aryl methyl sites for hydroxylation is 1. The fourth-order valence-corrected chi connectivity index (χ4v) is 3.83. The van der Waals surface area contributed by atoms with Crippen molar-refractivity contribution in [3.63, 3.8) is 0 Å². The summed E-state index contributed by atoms with van der Waals surface area (Å²) in [7, 11) is -3.69. The van der Waals surface area contributed by atoms with Gasteiger partial charge in [-0.1, -0.05) is 0 Å². The summed E-state index contributed by atoms with van der Waals surface area (Å²) in [5.41, 5.74) is 1.06. The largest absolute Gasteiger partial charge is 0.395 e. The van der Waals surface area contributed by atoms with Crippen LogP contribution in [0.3, 0.4) is 0 Å². The first-order valence-corrected chi connectivity index (χ1v) is 7.66. The van der Waals surface area contributed by atoms with Gasteiger partial charge in [-0.15, -0.1) is 0 Å². The van der Waals surface area contributed by atoms with Crippen molar-refractivity contribution >= 4 is 10.0 Å². The fraction of sp³-hybridized carbons (Fsp3) is 0.462. The number of hydrogen-bond donors (Lipinski definition) is 1. The summed E-state index contributed by atoms with van der Waals surface area (Å²) in [5.74, 6) is 0. The Morgan fingerprint density at radius 1 is 1.55 bits per heavy atom. The number of nitriles is 1. The molecule has 1 aromatic rings. The number of rotatable bonds is 3. The zero-order valence-corrected chi connectivity index (χ0v) is 11.9. The van der Waals surface area contributed by atoms with Gasteiger partial charge in [0.05, 0.1) is 42.4 Å².